The van der Waals surface area contributed by atoms with Crippen LogP contribution in [0.4, 0.5) is 26.3 Å². The lowest BCUT2D eigenvalue weighted by Gasteiger charge is -2.30. The molecule has 1 aliphatic heterocycles. The molecule has 0 aromatic rings. The average molecular weight is 240 g/mol. The molecular formula is C6H6F6O3. The molecule has 0 bridgehead atoms. The lowest BCUT2D eigenvalue weighted by molar-refractivity contribution is -0.444. The normalized spacial score (nSPS) is 40.8. The Morgan fingerprint density at radius 1 is 1.00 bits per heavy atom. The fourth-order valence-electron chi connectivity index (χ4n) is 0.987. The predicted octanol–water partition coefficient (Wildman–Crippen LogP) is 2.52. The third-order valence-corrected chi connectivity index (χ3v) is 1.75. The predicted molar refractivity (Wildman–Crippen MR) is 32.2 cm³/mol. The Morgan fingerprint density at radius 2 is 1.47 bits per heavy atom. The number of hydrogen-bond donors (Lipinski definition) is 0. The fraction of sp³-hybridized carbons (Fsp3) is 1.00. The van der Waals surface area contributed by atoms with Crippen LogP contribution in [0.3, 0.4) is 0 Å². The Labute approximate surface area is 79.9 Å². The van der Waals surface area contributed by atoms with Crippen molar-refractivity contribution >= 4 is 0 Å². The van der Waals surface area contributed by atoms with Gasteiger partial charge in [-0.05, 0) is 6.92 Å². The van der Waals surface area contributed by atoms with Crippen LogP contribution in [0, 0.1) is 0 Å². The van der Waals surface area contributed by atoms with E-state index in [9.17, 15) is 26.3 Å². The maximum atomic E-state index is 13.2. The minimum atomic E-state index is -5.33. The van der Waals surface area contributed by atoms with Crippen LogP contribution in [0.15, 0.2) is 0 Å². The smallest absolute Gasteiger partial charge is 0.257 e. The monoisotopic (exact) mass is 240 g/mol. The maximum Gasteiger partial charge on any atom is 0.525 e. The first-order valence-corrected chi connectivity index (χ1v) is 3.61. The van der Waals surface area contributed by atoms with Gasteiger partial charge in [-0.1, -0.05) is 0 Å². The molecule has 0 saturated carbocycles. The van der Waals surface area contributed by atoms with Crippen molar-refractivity contribution in [1.82, 2.24) is 0 Å². The van der Waals surface area contributed by atoms with Gasteiger partial charge in [0.05, 0.1) is 0 Å². The number of rotatable bonds is 1. The van der Waals surface area contributed by atoms with Gasteiger partial charge in [-0.2, -0.15) is 0 Å². The molecule has 1 saturated heterocycles. The van der Waals surface area contributed by atoms with E-state index in [-0.39, 0.29) is 0 Å². The van der Waals surface area contributed by atoms with Gasteiger partial charge in [0.1, 0.15) is 0 Å². The standard InChI is InChI=1S/C6H6F6O3/c1-3(7)4(2,14-5(8,9)10)15-6(11,12)13-3/h1-2H3. The van der Waals surface area contributed by atoms with Gasteiger partial charge in [0.15, 0.2) is 0 Å². The van der Waals surface area contributed by atoms with Crippen molar-refractivity contribution in [3.8, 4) is 0 Å². The zero-order valence-corrected chi connectivity index (χ0v) is 7.49. The van der Waals surface area contributed by atoms with Crippen LogP contribution in [0.5, 0.6) is 0 Å². The summed E-state index contributed by atoms with van der Waals surface area (Å²) in [7, 11) is 0. The van der Waals surface area contributed by atoms with Crippen LogP contribution in [0.25, 0.3) is 0 Å². The van der Waals surface area contributed by atoms with E-state index in [1.807, 2.05) is 0 Å². The van der Waals surface area contributed by atoms with E-state index in [0.29, 0.717) is 13.8 Å². The summed E-state index contributed by atoms with van der Waals surface area (Å²) in [5.74, 6) is -6.68. The Balaban J connectivity index is 2.93. The second-order valence-corrected chi connectivity index (χ2v) is 3.08. The van der Waals surface area contributed by atoms with E-state index in [4.69, 9.17) is 0 Å². The molecule has 3 nitrogen and oxygen atoms in total. The molecule has 2 unspecified atom stereocenters. The Hall–Kier alpha value is -0.540. The summed E-state index contributed by atoms with van der Waals surface area (Å²) in [6, 6.07) is 0. The quantitative estimate of drug-likeness (QED) is 0.659. The number of halogens is 6. The van der Waals surface area contributed by atoms with Crippen molar-refractivity contribution in [3.63, 3.8) is 0 Å². The first-order chi connectivity index (χ1) is 6.37. The summed E-state index contributed by atoms with van der Waals surface area (Å²) in [6.07, 6.45) is -9.80. The van der Waals surface area contributed by atoms with Crippen LogP contribution in [0.2, 0.25) is 0 Å². The molecule has 2 atom stereocenters. The lowest BCUT2D eigenvalue weighted by atomic mass is 10.2. The Morgan fingerprint density at radius 3 is 1.73 bits per heavy atom. The molecule has 0 aromatic carbocycles. The summed E-state index contributed by atoms with van der Waals surface area (Å²) in [5.41, 5.74) is 0. The molecule has 90 valence electrons. The Kier molecular flexibility index (Phi) is 2.49. The molecule has 0 radical (unpaired) electrons. The third-order valence-electron chi connectivity index (χ3n) is 1.75. The van der Waals surface area contributed by atoms with Crippen LogP contribution in [0.1, 0.15) is 13.8 Å². The van der Waals surface area contributed by atoms with Gasteiger partial charge >= 0.3 is 12.7 Å². The summed E-state index contributed by atoms with van der Waals surface area (Å²) in [6.45, 7) is 0.709. The zero-order valence-electron chi connectivity index (χ0n) is 7.49. The fourth-order valence-corrected chi connectivity index (χ4v) is 0.987. The van der Waals surface area contributed by atoms with E-state index in [1.165, 1.54) is 0 Å². The topological polar surface area (TPSA) is 27.7 Å². The van der Waals surface area contributed by atoms with Crippen LogP contribution >= 0.6 is 0 Å². The van der Waals surface area contributed by atoms with Crippen molar-refractivity contribution in [2.45, 2.75) is 38.1 Å². The van der Waals surface area contributed by atoms with Gasteiger partial charge < -0.3 is 0 Å². The van der Waals surface area contributed by atoms with Crippen molar-refractivity contribution in [1.29, 1.82) is 0 Å². The lowest BCUT2D eigenvalue weighted by Crippen LogP contribution is -2.49. The van der Waals surface area contributed by atoms with Crippen molar-refractivity contribution in [2.75, 3.05) is 0 Å². The molecule has 1 fully saturated rings. The third kappa shape index (κ3) is 2.52. The van der Waals surface area contributed by atoms with Crippen LogP contribution in [-0.2, 0) is 14.2 Å². The second-order valence-electron chi connectivity index (χ2n) is 3.08. The van der Waals surface area contributed by atoms with E-state index in [0.717, 1.165) is 0 Å². The molecule has 1 aliphatic rings. The van der Waals surface area contributed by atoms with Gasteiger partial charge in [0.2, 0.25) is 5.79 Å². The Bertz CT molecular complexity index is 262. The summed E-state index contributed by atoms with van der Waals surface area (Å²) < 4.78 is 83.3. The largest absolute Gasteiger partial charge is 0.525 e. The number of hydrogen-bond acceptors (Lipinski definition) is 3. The molecule has 15 heavy (non-hydrogen) atoms. The summed E-state index contributed by atoms with van der Waals surface area (Å²) in [5, 5.41) is 0. The highest BCUT2D eigenvalue weighted by Gasteiger charge is 2.69. The van der Waals surface area contributed by atoms with Gasteiger partial charge in [-0.25, -0.2) is 4.39 Å². The summed E-state index contributed by atoms with van der Waals surface area (Å²) >= 11 is 0. The second kappa shape index (κ2) is 2.98. The van der Waals surface area contributed by atoms with E-state index >= 15 is 0 Å². The van der Waals surface area contributed by atoms with Gasteiger partial charge in [0, 0.05) is 6.92 Å². The number of alkyl halides is 6. The summed E-state index contributed by atoms with van der Waals surface area (Å²) in [4.78, 5) is 0. The molecule has 0 spiro atoms. The average Bonchev–Trinajstić information content (AvgIpc) is 1.88. The van der Waals surface area contributed by atoms with Gasteiger partial charge in [-0.15, -0.1) is 22.0 Å². The molecular weight excluding hydrogens is 234 g/mol. The van der Waals surface area contributed by atoms with Crippen molar-refractivity contribution in [3.05, 3.63) is 0 Å². The number of ether oxygens (including phenoxy) is 3. The molecule has 0 amide bonds. The minimum Gasteiger partial charge on any atom is -0.257 e. The van der Waals surface area contributed by atoms with E-state index < -0.39 is 24.3 Å². The van der Waals surface area contributed by atoms with Crippen molar-refractivity contribution < 1.29 is 40.6 Å². The first-order valence-electron chi connectivity index (χ1n) is 3.61. The van der Waals surface area contributed by atoms with Crippen LogP contribution in [-0.4, -0.2) is 24.3 Å². The SMILES string of the molecule is CC1(F)OC(F)(F)OC1(C)OC(F)(F)F. The van der Waals surface area contributed by atoms with Gasteiger partial charge in [-0.3, -0.25) is 14.2 Å². The molecule has 0 aliphatic carbocycles. The highest BCUT2D eigenvalue weighted by molar-refractivity contribution is 4.86. The van der Waals surface area contributed by atoms with E-state index in [1.54, 1.807) is 0 Å². The highest BCUT2D eigenvalue weighted by Crippen LogP contribution is 2.49. The molecule has 1 rings (SSSR count). The first kappa shape index (κ1) is 12.5. The van der Waals surface area contributed by atoms with Crippen LogP contribution < -0.4 is 0 Å². The van der Waals surface area contributed by atoms with Crippen molar-refractivity contribution in [2.24, 2.45) is 0 Å². The minimum absolute atomic E-state index is 0.347. The maximum absolute atomic E-state index is 13.2. The highest BCUT2D eigenvalue weighted by atomic mass is 19.4. The van der Waals surface area contributed by atoms with E-state index in [2.05, 4.69) is 14.2 Å². The molecule has 1 heterocycles. The zero-order chi connectivity index (χ0) is 12.1. The molecule has 0 N–H and O–H groups in total. The molecule has 0 aromatic heterocycles. The molecule has 9 heteroatoms. The van der Waals surface area contributed by atoms with Gasteiger partial charge in [0.25, 0.3) is 5.85 Å².